The quantitative estimate of drug-likeness (QED) is 0.568. The summed E-state index contributed by atoms with van der Waals surface area (Å²) in [6.07, 6.45) is -5.06. The van der Waals surface area contributed by atoms with Gasteiger partial charge in [0.25, 0.3) is 0 Å². The molecule has 1 rings (SSSR count). The Bertz CT molecular complexity index is 490. The van der Waals surface area contributed by atoms with Crippen molar-refractivity contribution in [1.29, 1.82) is 0 Å². The van der Waals surface area contributed by atoms with Crippen molar-refractivity contribution in [2.45, 2.75) is 39.6 Å². The fourth-order valence-electron chi connectivity index (χ4n) is 1.89. The lowest BCUT2D eigenvalue weighted by Crippen LogP contribution is -2.38. The summed E-state index contributed by atoms with van der Waals surface area (Å²) in [5.41, 5.74) is 2.03. The molecule has 0 aliphatic heterocycles. The van der Waals surface area contributed by atoms with Crippen LogP contribution in [0.2, 0.25) is 0 Å². The molecule has 0 spiro atoms. The van der Waals surface area contributed by atoms with E-state index in [1.807, 2.05) is 38.1 Å². The zero-order valence-electron chi connectivity index (χ0n) is 13.5. The van der Waals surface area contributed by atoms with E-state index in [1.54, 1.807) is 0 Å². The van der Waals surface area contributed by atoms with Crippen molar-refractivity contribution in [3.63, 3.8) is 0 Å². The maximum Gasteiger partial charge on any atom is 0.390 e. The molecule has 0 radical (unpaired) electrons. The summed E-state index contributed by atoms with van der Waals surface area (Å²) < 4.78 is 42.0. The van der Waals surface area contributed by atoms with E-state index in [4.69, 9.17) is 4.74 Å². The fourth-order valence-corrected chi connectivity index (χ4v) is 1.89. The Labute approximate surface area is 135 Å². The highest BCUT2D eigenvalue weighted by Gasteiger charge is 2.26. The average Bonchev–Trinajstić information content (AvgIpc) is 2.50. The molecule has 4 nitrogen and oxygen atoms in total. The molecule has 0 saturated heterocycles. The van der Waals surface area contributed by atoms with Crippen molar-refractivity contribution in [3.05, 3.63) is 35.4 Å². The van der Waals surface area contributed by atoms with Crippen LogP contribution in [0.3, 0.4) is 0 Å². The van der Waals surface area contributed by atoms with Crippen molar-refractivity contribution in [1.82, 2.24) is 10.6 Å². The topological polar surface area (TPSA) is 45.7 Å². The molecule has 0 heterocycles. The summed E-state index contributed by atoms with van der Waals surface area (Å²) >= 11 is 0. The normalized spacial score (nSPS) is 12.3. The number of halogens is 3. The second kappa shape index (κ2) is 10.1. The molecular weight excluding hydrogens is 307 g/mol. The Morgan fingerprint density at radius 1 is 1.13 bits per heavy atom. The van der Waals surface area contributed by atoms with E-state index in [-0.39, 0.29) is 6.54 Å². The zero-order valence-corrected chi connectivity index (χ0v) is 13.5. The lowest BCUT2D eigenvalue weighted by molar-refractivity contribution is -0.132. The molecule has 0 atom stereocenters. The molecule has 130 valence electrons. The Hall–Kier alpha value is -1.76. The summed E-state index contributed by atoms with van der Waals surface area (Å²) in [5.74, 6) is 0.378. The lowest BCUT2D eigenvalue weighted by Gasteiger charge is -2.13. The number of guanidine groups is 1. The number of benzene rings is 1. The number of nitrogens with one attached hydrogen (secondary N) is 2. The second-order valence-electron chi connectivity index (χ2n) is 4.89. The van der Waals surface area contributed by atoms with Gasteiger partial charge in [0.2, 0.25) is 0 Å². The first-order valence-corrected chi connectivity index (χ1v) is 7.69. The first-order valence-electron chi connectivity index (χ1n) is 7.69. The minimum absolute atomic E-state index is 0.198. The molecule has 0 fully saturated rings. The van der Waals surface area contributed by atoms with E-state index in [9.17, 15) is 13.2 Å². The highest BCUT2D eigenvalue weighted by atomic mass is 19.4. The minimum atomic E-state index is -4.17. The third-order valence-corrected chi connectivity index (χ3v) is 3.03. The van der Waals surface area contributed by atoms with Crippen LogP contribution in [-0.4, -0.2) is 31.8 Å². The molecule has 7 heteroatoms. The van der Waals surface area contributed by atoms with Gasteiger partial charge in [0.1, 0.15) is 0 Å². The predicted octanol–water partition coefficient (Wildman–Crippen LogP) is 3.23. The summed E-state index contributed by atoms with van der Waals surface area (Å²) in [5, 5.41) is 5.64. The predicted molar refractivity (Wildman–Crippen MR) is 85.3 cm³/mol. The van der Waals surface area contributed by atoms with E-state index in [0.29, 0.717) is 32.3 Å². The molecular formula is C16H24F3N3O. The number of hydrogen-bond acceptors (Lipinski definition) is 2. The van der Waals surface area contributed by atoms with E-state index in [2.05, 4.69) is 15.6 Å². The second-order valence-corrected chi connectivity index (χ2v) is 4.89. The number of nitrogens with zero attached hydrogens (tertiary/aromatic N) is 1. The Kier molecular flexibility index (Phi) is 8.47. The Morgan fingerprint density at radius 2 is 1.83 bits per heavy atom. The van der Waals surface area contributed by atoms with Crippen molar-refractivity contribution >= 4 is 5.96 Å². The molecule has 1 aromatic rings. The summed E-state index contributed by atoms with van der Waals surface area (Å²) in [4.78, 5) is 4.34. The molecule has 23 heavy (non-hydrogen) atoms. The van der Waals surface area contributed by atoms with E-state index < -0.39 is 12.6 Å². The highest BCUT2D eigenvalue weighted by Crippen LogP contribution is 2.18. The van der Waals surface area contributed by atoms with Gasteiger partial charge in [0.15, 0.2) is 5.96 Å². The van der Waals surface area contributed by atoms with Gasteiger partial charge >= 0.3 is 6.18 Å². The van der Waals surface area contributed by atoms with Crippen molar-refractivity contribution in [2.24, 2.45) is 4.99 Å². The SMILES string of the molecule is CCNC(=NCc1ccccc1COCC)NCCC(F)(F)F. The number of hydrogen-bond donors (Lipinski definition) is 2. The molecule has 1 aromatic carbocycles. The molecule has 0 unspecified atom stereocenters. The first-order chi connectivity index (χ1) is 11.0. The van der Waals surface area contributed by atoms with E-state index >= 15 is 0 Å². The highest BCUT2D eigenvalue weighted by molar-refractivity contribution is 5.79. The maximum atomic E-state index is 12.2. The van der Waals surface area contributed by atoms with Crippen LogP contribution in [0, 0.1) is 0 Å². The molecule has 0 aliphatic rings. The van der Waals surface area contributed by atoms with Crippen LogP contribution in [0.15, 0.2) is 29.3 Å². The van der Waals surface area contributed by atoms with Gasteiger partial charge in [0.05, 0.1) is 19.6 Å². The van der Waals surface area contributed by atoms with Crippen LogP contribution in [0.1, 0.15) is 31.4 Å². The smallest absolute Gasteiger partial charge is 0.377 e. The van der Waals surface area contributed by atoms with Crippen molar-refractivity contribution < 1.29 is 17.9 Å². The van der Waals surface area contributed by atoms with Gasteiger partial charge in [-0.15, -0.1) is 0 Å². The van der Waals surface area contributed by atoms with Crippen LogP contribution in [0.25, 0.3) is 0 Å². The molecule has 0 aliphatic carbocycles. The molecule has 0 saturated carbocycles. The lowest BCUT2D eigenvalue weighted by atomic mass is 10.1. The van der Waals surface area contributed by atoms with Crippen molar-refractivity contribution in [3.8, 4) is 0 Å². The summed E-state index contributed by atoms with van der Waals surface area (Å²) in [6, 6.07) is 7.74. The van der Waals surface area contributed by atoms with Gasteiger partial charge in [-0.1, -0.05) is 24.3 Å². The average molecular weight is 331 g/mol. The molecule has 0 bridgehead atoms. The van der Waals surface area contributed by atoms with Gasteiger partial charge in [-0.2, -0.15) is 13.2 Å². The standard InChI is InChI=1S/C16H24F3N3O/c1-3-20-15(21-10-9-16(17,18)19)22-11-13-7-5-6-8-14(13)12-23-4-2/h5-8H,3-4,9-12H2,1-2H3,(H2,20,21,22). The monoisotopic (exact) mass is 331 g/mol. The largest absolute Gasteiger partial charge is 0.390 e. The maximum absolute atomic E-state index is 12.2. The Balaban J connectivity index is 2.66. The van der Waals surface area contributed by atoms with Gasteiger partial charge in [-0.05, 0) is 25.0 Å². The van der Waals surface area contributed by atoms with Gasteiger partial charge in [0, 0.05) is 19.7 Å². The van der Waals surface area contributed by atoms with Gasteiger partial charge in [-0.3, -0.25) is 0 Å². The number of rotatable bonds is 8. The molecule has 2 N–H and O–H groups in total. The van der Waals surface area contributed by atoms with Crippen LogP contribution in [0.5, 0.6) is 0 Å². The number of alkyl halides is 3. The molecule has 0 aromatic heterocycles. The fraction of sp³-hybridized carbons (Fsp3) is 0.562. The van der Waals surface area contributed by atoms with Crippen LogP contribution in [0.4, 0.5) is 13.2 Å². The van der Waals surface area contributed by atoms with Crippen LogP contribution >= 0.6 is 0 Å². The zero-order chi connectivity index (χ0) is 17.1. The Morgan fingerprint density at radius 3 is 2.43 bits per heavy atom. The first kappa shape index (κ1) is 19.3. The van der Waals surface area contributed by atoms with E-state index in [0.717, 1.165) is 11.1 Å². The summed E-state index contributed by atoms with van der Waals surface area (Å²) in [6.45, 7) is 5.68. The van der Waals surface area contributed by atoms with E-state index in [1.165, 1.54) is 0 Å². The third kappa shape index (κ3) is 8.44. The molecule has 0 amide bonds. The van der Waals surface area contributed by atoms with Crippen molar-refractivity contribution in [2.75, 3.05) is 19.7 Å². The van der Waals surface area contributed by atoms with Gasteiger partial charge < -0.3 is 15.4 Å². The van der Waals surface area contributed by atoms with Crippen LogP contribution in [-0.2, 0) is 17.9 Å². The summed E-state index contributed by atoms with van der Waals surface area (Å²) in [7, 11) is 0. The van der Waals surface area contributed by atoms with Crippen LogP contribution < -0.4 is 10.6 Å². The number of ether oxygens (including phenoxy) is 1. The van der Waals surface area contributed by atoms with Gasteiger partial charge in [-0.25, -0.2) is 4.99 Å². The minimum Gasteiger partial charge on any atom is -0.377 e. The third-order valence-electron chi connectivity index (χ3n) is 3.03. The number of aliphatic imine (C=N–C) groups is 1.